The van der Waals surface area contributed by atoms with Gasteiger partial charge in [0.25, 0.3) is 0 Å². The van der Waals surface area contributed by atoms with Gasteiger partial charge in [0.2, 0.25) is 5.96 Å². The maximum Gasteiger partial charge on any atom is 0.209 e. The van der Waals surface area contributed by atoms with Crippen LogP contribution in [-0.2, 0) is 0 Å². The minimum Gasteiger partial charge on any atom is -0.324 e. The summed E-state index contributed by atoms with van der Waals surface area (Å²) in [6, 6.07) is 3.69. The summed E-state index contributed by atoms with van der Waals surface area (Å²) >= 11 is 0. The number of hydrogen-bond acceptors (Lipinski definition) is 3. The first-order chi connectivity index (χ1) is 8.26. The zero-order chi connectivity index (χ0) is 12.5. The number of rotatable bonds is 4. The van der Waals surface area contributed by atoms with E-state index < -0.39 is 0 Å². The molecule has 1 heterocycles. The Morgan fingerprint density at radius 3 is 3.06 bits per heavy atom. The molecule has 0 aromatic carbocycles. The van der Waals surface area contributed by atoms with Gasteiger partial charge in [-0.25, -0.2) is 0 Å². The first-order valence-electron chi connectivity index (χ1n) is 5.62. The molecular weight excluding hydrogens is 214 g/mol. The third kappa shape index (κ3) is 4.98. The summed E-state index contributed by atoms with van der Waals surface area (Å²) in [5, 5.41) is 14.2. The van der Waals surface area contributed by atoms with Gasteiger partial charge in [-0.3, -0.25) is 15.3 Å². The van der Waals surface area contributed by atoms with Crippen molar-refractivity contribution in [1.82, 2.24) is 10.3 Å². The van der Waals surface area contributed by atoms with E-state index in [-0.39, 0.29) is 0 Å². The van der Waals surface area contributed by atoms with E-state index in [1.165, 1.54) is 0 Å². The van der Waals surface area contributed by atoms with E-state index in [2.05, 4.69) is 34.5 Å². The molecule has 1 aromatic rings. The molecule has 0 saturated carbocycles. The van der Waals surface area contributed by atoms with Crippen LogP contribution in [0.3, 0.4) is 0 Å². The van der Waals surface area contributed by atoms with Gasteiger partial charge in [-0.1, -0.05) is 20.3 Å². The first kappa shape index (κ1) is 13.0. The van der Waals surface area contributed by atoms with Crippen molar-refractivity contribution in [2.24, 2.45) is 10.9 Å². The van der Waals surface area contributed by atoms with Gasteiger partial charge >= 0.3 is 0 Å². The van der Waals surface area contributed by atoms with Crippen molar-refractivity contribution >= 4 is 11.6 Å². The average molecular weight is 231 g/mol. The second-order valence-electron chi connectivity index (χ2n) is 3.81. The Hall–Kier alpha value is -2.09. The Labute approximate surface area is 102 Å². The van der Waals surface area contributed by atoms with Crippen LogP contribution in [-0.4, -0.2) is 17.5 Å². The number of guanidine groups is 1. The van der Waals surface area contributed by atoms with Crippen LogP contribution < -0.4 is 10.6 Å². The number of pyridine rings is 1. The van der Waals surface area contributed by atoms with Crippen LogP contribution in [0.4, 0.5) is 5.69 Å². The highest BCUT2D eigenvalue weighted by Crippen LogP contribution is 2.04. The highest BCUT2D eigenvalue weighted by atomic mass is 15.2. The summed E-state index contributed by atoms with van der Waals surface area (Å²) in [6.07, 6.45) is 6.30. The molecule has 0 radical (unpaired) electrons. The number of anilines is 1. The molecule has 1 aromatic heterocycles. The normalized spacial score (nSPS) is 12.6. The van der Waals surface area contributed by atoms with Gasteiger partial charge in [0.05, 0.1) is 11.9 Å². The van der Waals surface area contributed by atoms with Gasteiger partial charge in [-0.15, -0.1) is 0 Å². The number of nitriles is 1. The van der Waals surface area contributed by atoms with Crippen LogP contribution in [0.1, 0.15) is 20.3 Å². The van der Waals surface area contributed by atoms with Gasteiger partial charge in [-0.2, -0.15) is 5.26 Å². The zero-order valence-electron chi connectivity index (χ0n) is 10.1. The van der Waals surface area contributed by atoms with Gasteiger partial charge in [0.1, 0.15) is 0 Å². The highest BCUT2D eigenvalue weighted by Gasteiger charge is 2.01. The van der Waals surface area contributed by atoms with Crippen molar-refractivity contribution in [3.05, 3.63) is 24.5 Å². The summed E-state index contributed by atoms with van der Waals surface area (Å²) in [5.41, 5.74) is 0.804. The molecule has 0 spiro atoms. The fraction of sp³-hybridized carbons (Fsp3) is 0.417. The molecule has 5 nitrogen and oxygen atoms in total. The van der Waals surface area contributed by atoms with Gasteiger partial charge in [0.15, 0.2) is 6.19 Å². The van der Waals surface area contributed by atoms with Crippen LogP contribution in [0.5, 0.6) is 0 Å². The lowest BCUT2D eigenvalue weighted by Gasteiger charge is -2.09. The Morgan fingerprint density at radius 2 is 2.47 bits per heavy atom. The van der Waals surface area contributed by atoms with Gasteiger partial charge in [0, 0.05) is 12.7 Å². The van der Waals surface area contributed by atoms with Crippen LogP contribution >= 0.6 is 0 Å². The van der Waals surface area contributed by atoms with Crippen LogP contribution in [0, 0.1) is 17.4 Å². The fourth-order valence-electron chi connectivity index (χ4n) is 1.11. The summed E-state index contributed by atoms with van der Waals surface area (Å²) in [4.78, 5) is 8.30. The smallest absolute Gasteiger partial charge is 0.209 e. The maximum absolute atomic E-state index is 8.64. The van der Waals surface area contributed by atoms with Gasteiger partial charge in [-0.05, 0) is 18.1 Å². The Morgan fingerprint density at radius 1 is 1.65 bits per heavy atom. The minimum atomic E-state index is 0.459. The summed E-state index contributed by atoms with van der Waals surface area (Å²) in [5.74, 6) is 0.960. The van der Waals surface area contributed by atoms with Crippen molar-refractivity contribution in [3.63, 3.8) is 0 Å². The molecule has 0 saturated heterocycles. The Bertz CT molecular complexity index is 393. The van der Waals surface area contributed by atoms with E-state index >= 15 is 0 Å². The number of aromatic nitrogens is 1. The first-order valence-corrected chi connectivity index (χ1v) is 5.62. The minimum absolute atomic E-state index is 0.459. The summed E-state index contributed by atoms with van der Waals surface area (Å²) < 4.78 is 0. The number of aliphatic imine (C=N–C) groups is 1. The van der Waals surface area contributed by atoms with Crippen molar-refractivity contribution in [2.45, 2.75) is 20.3 Å². The number of nitrogens with zero attached hydrogens (tertiary/aromatic N) is 3. The van der Waals surface area contributed by atoms with Crippen molar-refractivity contribution in [1.29, 1.82) is 5.26 Å². The lowest BCUT2D eigenvalue weighted by molar-refractivity contribution is 0.576. The molecule has 0 aliphatic heterocycles. The van der Waals surface area contributed by atoms with E-state index in [4.69, 9.17) is 5.26 Å². The molecule has 17 heavy (non-hydrogen) atoms. The number of nitrogens with one attached hydrogen (secondary N) is 2. The molecule has 0 aliphatic rings. The topological polar surface area (TPSA) is 73.1 Å². The highest BCUT2D eigenvalue weighted by molar-refractivity contribution is 5.94. The SMILES string of the molecule is CCC(C)CN=C(NC#N)Nc1cccnc1. The molecule has 5 heteroatoms. The molecule has 1 atom stereocenters. The summed E-state index contributed by atoms with van der Waals surface area (Å²) in [7, 11) is 0. The zero-order valence-corrected chi connectivity index (χ0v) is 10.1. The van der Waals surface area contributed by atoms with Crippen LogP contribution in [0.15, 0.2) is 29.5 Å². The maximum atomic E-state index is 8.64. The predicted octanol–water partition coefficient (Wildman–Crippen LogP) is 1.97. The van der Waals surface area contributed by atoms with E-state index in [0.717, 1.165) is 12.1 Å². The third-order valence-electron chi connectivity index (χ3n) is 2.36. The van der Waals surface area contributed by atoms with E-state index in [0.29, 0.717) is 18.4 Å². The predicted molar refractivity (Wildman–Crippen MR) is 68.4 cm³/mol. The lowest BCUT2D eigenvalue weighted by atomic mass is 10.1. The Balaban J connectivity index is 2.63. The quantitative estimate of drug-likeness (QED) is 0.359. The molecule has 1 rings (SSSR count). The molecular formula is C12H17N5. The second-order valence-corrected chi connectivity index (χ2v) is 3.81. The van der Waals surface area contributed by atoms with Gasteiger partial charge < -0.3 is 5.32 Å². The van der Waals surface area contributed by atoms with Crippen molar-refractivity contribution in [2.75, 3.05) is 11.9 Å². The molecule has 0 amide bonds. The van der Waals surface area contributed by atoms with E-state index in [9.17, 15) is 0 Å². The Kier molecular flexibility index (Phi) is 5.52. The fourth-order valence-corrected chi connectivity index (χ4v) is 1.11. The molecule has 1 unspecified atom stereocenters. The third-order valence-corrected chi connectivity index (χ3v) is 2.36. The summed E-state index contributed by atoms with van der Waals surface area (Å²) in [6.45, 7) is 4.93. The number of hydrogen-bond donors (Lipinski definition) is 2. The molecule has 90 valence electrons. The monoisotopic (exact) mass is 231 g/mol. The molecule has 2 N–H and O–H groups in total. The molecule has 0 bridgehead atoms. The van der Waals surface area contributed by atoms with Crippen LogP contribution in [0.2, 0.25) is 0 Å². The van der Waals surface area contributed by atoms with E-state index in [1.807, 2.05) is 18.3 Å². The molecule has 0 aliphatic carbocycles. The lowest BCUT2D eigenvalue weighted by Crippen LogP contribution is -2.27. The molecule has 0 fully saturated rings. The second kappa shape index (κ2) is 7.23. The average Bonchev–Trinajstić information content (AvgIpc) is 2.37. The van der Waals surface area contributed by atoms with Crippen molar-refractivity contribution < 1.29 is 0 Å². The van der Waals surface area contributed by atoms with E-state index in [1.54, 1.807) is 12.4 Å². The van der Waals surface area contributed by atoms with Crippen molar-refractivity contribution in [3.8, 4) is 6.19 Å². The largest absolute Gasteiger partial charge is 0.324 e. The standard InChI is InChI=1S/C12H17N5/c1-3-10(2)7-15-12(16-9-13)17-11-5-4-6-14-8-11/h4-6,8,10H,3,7H2,1-2H3,(H2,15,16,17). The van der Waals surface area contributed by atoms with Crippen LogP contribution in [0.25, 0.3) is 0 Å².